The fraction of sp³-hybridized carbons (Fsp3) is 0.345. The number of hydrogen-bond acceptors (Lipinski definition) is 8. The van der Waals surface area contributed by atoms with Crippen LogP contribution in [0.25, 0.3) is 10.9 Å². The molecule has 15 heteroatoms. The second-order valence-corrected chi connectivity index (χ2v) is 10.2. The Kier molecular flexibility index (Phi) is 12.1. The summed E-state index contributed by atoms with van der Waals surface area (Å²) in [6, 6.07) is 8.16. The second kappa shape index (κ2) is 15.9. The standard InChI is InChI=1S/C29H38N8O7/c30-20(15-38)25(40)35-22(6-3-11-33-29(31)32)26(41)36-23(12-16-7-9-18(39)10-8-16)27(42)37-24(28(43)44)13-17-14-34-21-5-2-1-4-19(17)21/h1-2,4-5,7-10,14,20,22-24,34,38-39H,3,6,11-13,15,30H2,(H,35,40)(H,36,41)(H,37,42)(H,43,44)(H4,31,32,33). The predicted molar refractivity (Wildman–Crippen MR) is 162 cm³/mol. The molecule has 0 aliphatic rings. The van der Waals surface area contributed by atoms with Crippen molar-refractivity contribution >= 4 is 40.6 Å². The number of aliphatic imine (C=N–C) groups is 1. The molecular weight excluding hydrogens is 572 g/mol. The maximum Gasteiger partial charge on any atom is 0.326 e. The molecule has 0 aliphatic carbocycles. The van der Waals surface area contributed by atoms with E-state index in [0.29, 0.717) is 11.1 Å². The van der Waals surface area contributed by atoms with Gasteiger partial charge in [-0.05, 0) is 42.2 Å². The number of phenols is 1. The van der Waals surface area contributed by atoms with Gasteiger partial charge in [0.2, 0.25) is 17.7 Å². The molecule has 3 amide bonds. The number of hydrogen-bond donors (Lipinski definition) is 10. The summed E-state index contributed by atoms with van der Waals surface area (Å²) >= 11 is 0. The van der Waals surface area contributed by atoms with Crippen LogP contribution >= 0.6 is 0 Å². The van der Waals surface area contributed by atoms with Gasteiger partial charge < -0.3 is 53.5 Å². The molecule has 1 heterocycles. The van der Waals surface area contributed by atoms with Gasteiger partial charge in [0.05, 0.1) is 6.61 Å². The molecule has 1 aromatic heterocycles. The van der Waals surface area contributed by atoms with E-state index in [2.05, 4.69) is 25.9 Å². The number of carbonyl (C=O) groups is 4. The average Bonchev–Trinajstić information content (AvgIpc) is 3.40. The maximum atomic E-state index is 13.6. The lowest BCUT2D eigenvalue weighted by atomic mass is 10.0. The molecule has 44 heavy (non-hydrogen) atoms. The third-order valence-corrected chi connectivity index (χ3v) is 6.83. The van der Waals surface area contributed by atoms with Gasteiger partial charge in [0, 0.05) is 36.5 Å². The first-order chi connectivity index (χ1) is 21.0. The molecule has 0 radical (unpaired) electrons. The number of nitrogens with zero attached hydrogens (tertiary/aromatic N) is 1. The summed E-state index contributed by atoms with van der Waals surface area (Å²) in [6.07, 6.45) is 1.90. The Morgan fingerprint density at radius 1 is 0.864 bits per heavy atom. The number of carboxylic acids is 1. The molecule has 0 saturated carbocycles. The summed E-state index contributed by atoms with van der Waals surface area (Å²) in [5.41, 5.74) is 18.4. The largest absolute Gasteiger partial charge is 0.508 e. The fourth-order valence-electron chi connectivity index (χ4n) is 4.48. The summed E-state index contributed by atoms with van der Waals surface area (Å²) in [7, 11) is 0. The van der Waals surface area contributed by atoms with Crippen LogP contribution in [0.5, 0.6) is 5.75 Å². The molecule has 13 N–H and O–H groups in total. The number of benzene rings is 2. The Morgan fingerprint density at radius 3 is 2.16 bits per heavy atom. The minimum absolute atomic E-state index is 0.00719. The van der Waals surface area contributed by atoms with Crippen LogP contribution in [0.3, 0.4) is 0 Å². The number of aromatic nitrogens is 1. The van der Waals surface area contributed by atoms with Gasteiger partial charge in [0.25, 0.3) is 0 Å². The summed E-state index contributed by atoms with van der Waals surface area (Å²) in [5, 5.41) is 37.3. The fourth-order valence-corrected chi connectivity index (χ4v) is 4.48. The number of phenolic OH excluding ortho intramolecular Hbond substituents is 1. The number of nitrogens with one attached hydrogen (secondary N) is 4. The zero-order valence-corrected chi connectivity index (χ0v) is 23.9. The van der Waals surface area contributed by atoms with Crippen molar-refractivity contribution < 1.29 is 34.5 Å². The lowest BCUT2D eigenvalue weighted by molar-refractivity contribution is -0.142. The van der Waals surface area contributed by atoms with Crippen molar-refractivity contribution in [1.82, 2.24) is 20.9 Å². The molecule has 0 saturated heterocycles. The van der Waals surface area contributed by atoms with Crippen molar-refractivity contribution in [1.29, 1.82) is 0 Å². The quantitative estimate of drug-likeness (QED) is 0.0513. The van der Waals surface area contributed by atoms with Gasteiger partial charge in [0.15, 0.2) is 5.96 Å². The van der Waals surface area contributed by atoms with E-state index in [1.54, 1.807) is 18.3 Å². The van der Waals surface area contributed by atoms with E-state index < -0.39 is 54.5 Å². The van der Waals surface area contributed by atoms with Crippen LogP contribution in [0, 0.1) is 0 Å². The minimum atomic E-state index is -1.33. The van der Waals surface area contributed by atoms with Crippen molar-refractivity contribution in [3.8, 4) is 5.75 Å². The molecule has 2 aromatic carbocycles. The Balaban J connectivity index is 1.83. The van der Waals surface area contributed by atoms with Crippen LogP contribution in [-0.2, 0) is 32.0 Å². The SMILES string of the molecule is NC(N)=NCCCC(NC(=O)C(N)CO)C(=O)NC(Cc1ccc(O)cc1)C(=O)NC(Cc1c[nH]c2ccccc12)C(=O)O. The zero-order chi connectivity index (χ0) is 32.2. The van der Waals surface area contributed by atoms with E-state index in [1.165, 1.54) is 12.1 Å². The number of aromatic hydroxyl groups is 1. The van der Waals surface area contributed by atoms with E-state index >= 15 is 0 Å². The van der Waals surface area contributed by atoms with Crippen molar-refractivity contribution in [2.24, 2.45) is 22.2 Å². The number of aliphatic carboxylic acids is 1. The Labute approximate surface area is 252 Å². The highest BCUT2D eigenvalue weighted by atomic mass is 16.4. The molecule has 4 unspecified atom stereocenters. The molecule has 0 aliphatic heterocycles. The number of aliphatic hydroxyl groups is 1. The van der Waals surface area contributed by atoms with Crippen LogP contribution in [-0.4, -0.2) is 87.3 Å². The molecule has 15 nitrogen and oxygen atoms in total. The molecule has 3 aromatic rings. The number of para-hydroxylation sites is 1. The van der Waals surface area contributed by atoms with Gasteiger partial charge in [-0.1, -0.05) is 30.3 Å². The smallest absolute Gasteiger partial charge is 0.326 e. The van der Waals surface area contributed by atoms with Crippen molar-refractivity contribution in [3.63, 3.8) is 0 Å². The highest BCUT2D eigenvalue weighted by molar-refractivity contribution is 5.94. The monoisotopic (exact) mass is 610 g/mol. The average molecular weight is 611 g/mol. The normalized spacial score (nSPS) is 13.7. The summed E-state index contributed by atoms with van der Waals surface area (Å²) < 4.78 is 0. The van der Waals surface area contributed by atoms with Crippen molar-refractivity contribution in [2.75, 3.05) is 13.2 Å². The molecule has 236 valence electrons. The first kappa shape index (κ1) is 33.4. The second-order valence-electron chi connectivity index (χ2n) is 10.2. The Bertz CT molecular complexity index is 1470. The third kappa shape index (κ3) is 9.71. The number of carboxylic acid groups (broad SMARTS) is 1. The number of rotatable bonds is 16. The van der Waals surface area contributed by atoms with E-state index in [-0.39, 0.29) is 43.9 Å². The maximum absolute atomic E-state index is 13.6. The van der Waals surface area contributed by atoms with Crippen molar-refractivity contribution in [3.05, 3.63) is 65.9 Å². The van der Waals surface area contributed by atoms with Gasteiger partial charge in [-0.25, -0.2) is 4.79 Å². The summed E-state index contributed by atoms with van der Waals surface area (Å²) in [5.74, 6) is -3.76. The van der Waals surface area contributed by atoms with Crippen LogP contribution < -0.4 is 33.2 Å². The third-order valence-electron chi connectivity index (χ3n) is 6.83. The van der Waals surface area contributed by atoms with Gasteiger partial charge in [-0.3, -0.25) is 19.4 Å². The van der Waals surface area contributed by atoms with E-state index in [1.807, 2.05) is 24.3 Å². The van der Waals surface area contributed by atoms with Crippen molar-refractivity contribution in [2.45, 2.75) is 49.9 Å². The molecule has 0 fully saturated rings. The number of amides is 3. The lowest BCUT2D eigenvalue weighted by Crippen LogP contribution is -2.58. The zero-order valence-electron chi connectivity index (χ0n) is 23.9. The van der Waals surface area contributed by atoms with E-state index in [4.69, 9.17) is 17.2 Å². The summed E-state index contributed by atoms with van der Waals surface area (Å²) in [6.45, 7) is -0.507. The lowest BCUT2D eigenvalue weighted by Gasteiger charge is -2.25. The van der Waals surface area contributed by atoms with Gasteiger partial charge in [-0.15, -0.1) is 0 Å². The topological polar surface area (TPSA) is 271 Å². The number of guanidine groups is 1. The van der Waals surface area contributed by atoms with Crippen LogP contribution in [0.4, 0.5) is 0 Å². The Hall–Kier alpha value is -5.15. The number of fused-ring (bicyclic) bond motifs is 1. The number of aromatic amines is 1. The number of nitrogens with two attached hydrogens (primary N) is 3. The van der Waals surface area contributed by atoms with Crippen LogP contribution in [0.2, 0.25) is 0 Å². The number of aliphatic hydroxyl groups excluding tert-OH is 1. The Morgan fingerprint density at radius 2 is 1.50 bits per heavy atom. The first-order valence-corrected chi connectivity index (χ1v) is 13.9. The highest BCUT2D eigenvalue weighted by Gasteiger charge is 2.31. The molecular formula is C29H38N8O7. The van der Waals surface area contributed by atoms with Gasteiger partial charge in [-0.2, -0.15) is 0 Å². The van der Waals surface area contributed by atoms with Gasteiger partial charge >= 0.3 is 5.97 Å². The molecule has 3 rings (SSSR count). The molecule has 0 bridgehead atoms. The minimum Gasteiger partial charge on any atom is -0.508 e. The van der Waals surface area contributed by atoms with E-state index in [0.717, 1.165) is 10.9 Å². The van der Waals surface area contributed by atoms with Crippen LogP contribution in [0.1, 0.15) is 24.0 Å². The first-order valence-electron chi connectivity index (χ1n) is 13.9. The van der Waals surface area contributed by atoms with Crippen LogP contribution in [0.15, 0.2) is 59.7 Å². The van der Waals surface area contributed by atoms with Gasteiger partial charge in [0.1, 0.15) is 29.9 Å². The highest BCUT2D eigenvalue weighted by Crippen LogP contribution is 2.19. The molecule has 0 spiro atoms. The predicted octanol–water partition coefficient (Wildman–Crippen LogP) is -1.43. The summed E-state index contributed by atoms with van der Waals surface area (Å²) in [4.78, 5) is 58.6. The number of carbonyl (C=O) groups excluding carboxylic acids is 3. The number of H-pyrrole nitrogens is 1. The van der Waals surface area contributed by atoms with E-state index in [9.17, 15) is 34.5 Å². The molecule has 4 atom stereocenters.